The molecular formula is C25H27ClO4. The summed E-state index contributed by atoms with van der Waals surface area (Å²) in [6.07, 6.45) is 7.88. The van der Waals surface area contributed by atoms with Crippen LogP contribution in [-0.2, 0) is 11.2 Å². The molecule has 30 heavy (non-hydrogen) atoms. The van der Waals surface area contributed by atoms with Gasteiger partial charge in [-0.05, 0) is 72.9 Å². The minimum Gasteiger partial charge on any atom is -0.512 e. The second-order valence-electron chi connectivity index (χ2n) is 7.05. The number of halogens is 1. The molecule has 0 saturated heterocycles. The number of aliphatic hydroxyl groups is 1. The highest BCUT2D eigenvalue weighted by Gasteiger charge is 2.10. The Bertz CT molecular complexity index is 959. The van der Waals surface area contributed by atoms with Gasteiger partial charge in [0.2, 0.25) is 0 Å². The first-order valence-electron chi connectivity index (χ1n) is 10.0. The van der Waals surface area contributed by atoms with Crippen molar-refractivity contribution in [2.24, 2.45) is 0 Å². The normalized spacial score (nSPS) is 14.2. The fraction of sp³-hybridized carbons (Fsp3) is 0.280. The van der Waals surface area contributed by atoms with Crippen LogP contribution in [0.5, 0.6) is 17.2 Å². The molecule has 0 bridgehead atoms. The van der Waals surface area contributed by atoms with E-state index in [1.54, 1.807) is 20.1 Å². The Morgan fingerprint density at radius 1 is 1.03 bits per heavy atom. The maximum atomic E-state index is 9.94. The predicted molar refractivity (Wildman–Crippen MR) is 122 cm³/mol. The second-order valence-corrected chi connectivity index (χ2v) is 7.53. The van der Waals surface area contributed by atoms with E-state index in [9.17, 15) is 5.11 Å². The molecule has 0 aromatic heterocycles. The van der Waals surface area contributed by atoms with Crippen molar-refractivity contribution in [2.75, 3.05) is 20.3 Å². The Morgan fingerprint density at radius 3 is 2.60 bits per heavy atom. The molecule has 0 atom stereocenters. The predicted octanol–water partition coefficient (Wildman–Crippen LogP) is 6.81. The lowest BCUT2D eigenvalue weighted by Gasteiger charge is -2.14. The largest absolute Gasteiger partial charge is 0.512 e. The van der Waals surface area contributed by atoms with Gasteiger partial charge in [-0.15, -0.1) is 0 Å². The van der Waals surface area contributed by atoms with Gasteiger partial charge in [-0.2, -0.15) is 0 Å². The van der Waals surface area contributed by atoms with E-state index in [2.05, 4.69) is 12.1 Å². The van der Waals surface area contributed by atoms with Crippen LogP contribution in [0.1, 0.15) is 30.9 Å². The molecular weight excluding hydrogens is 400 g/mol. The zero-order valence-corrected chi connectivity index (χ0v) is 18.1. The highest BCUT2D eigenvalue weighted by atomic mass is 35.5. The van der Waals surface area contributed by atoms with Gasteiger partial charge in [0, 0.05) is 24.6 Å². The number of hydrogen-bond donors (Lipinski definition) is 1. The topological polar surface area (TPSA) is 47.9 Å². The molecule has 3 rings (SSSR count). The van der Waals surface area contributed by atoms with Gasteiger partial charge in [0.25, 0.3) is 0 Å². The summed E-state index contributed by atoms with van der Waals surface area (Å²) in [6, 6.07) is 13.7. The van der Waals surface area contributed by atoms with Crippen molar-refractivity contribution in [1.29, 1.82) is 0 Å². The molecule has 1 N–H and O–H groups in total. The quantitative estimate of drug-likeness (QED) is 0.353. The van der Waals surface area contributed by atoms with Crippen LogP contribution in [0, 0.1) is 0 Å². The molecule has 5 heteroatoms. The summed E-state index contributed by atoms with van der Waals surface area (Å²) in [5, 5.41) is 10.8. The van der Waals surface area contributed by atoms with Crippen molar-refractivity contribution in [1.82, 2.24) is 0 Å². The Labute approximate surface area is 183 Å². The maximum absolute atomic E-state index is 9.94. The second kappa shape index (κ2) is 10.9. The third-order valence-corrected chi connectivity index (χ3v) is 5.07. The number of methoxy groups -OCH3 is 1. The van der Waals surface area contributed by atoms with Gasteiger partial charge in [0.15, 0.2) is 0 Å². The molecule has 4 nitrogen and oxygen atoms in total. The lowest BCUT2D eigenvalue weighted by atomic mass is 9.97. The van der Waals surface area contributed by atoms with E-state index in [1.165, 1.54) is 5.57 Å². The summed E-state index contributed by atoms with van der Waals surface area (Å²) in [4.78, 5) is 0. The summed E-state index contributed by atoms with van der Waals surface area (Å²) >= 11 is 6.08. The fourth-order valence-electron chi connectivity index (χ4n) is 3.18. The molecule has 1 aliphatic rings. The SMILES string of the molecule is C/C=C(\O)Cc1cc(OCCOC)cc(Oc2cccc(C3=CC=C(Cl)CC3)c2)c1. The first-order valence-corrected chi connectivity index (χ1v) is 10.4. The van der Waals surface area contributed by atoms with Gasteiger partial charge < -0.3 is 19.3 Å². The van der Waals surface area contributed by atoms with Crippen molar-refractivity contribution >= 4 is 17.2 Å². The zero-order valence-electron chi connectivity index (χ0n) is 17.4. The van der Waals surface area contributed by atoms with Crippen LogP contribution in [0.2, 0.25) is 0 Å². The van der Waals surface area contributed by atoms with E-state index in [0.29, 0.717) is 36.9 Å². The van der Waals surface area contributed by atoms with Crippen LogP contribution in [0.15, 0.2) is 71.5 Å². The molecule has 0 aliphatic heterocycles. The van der Waals surface area contributed by atoms with E-state index in [1.807, 2.05) is 42.5 Å². The monoisotopic (exact) mass is 426 g/mol. The number of ether oxygens (including phenoxy) is 3. The molecule has 0 amide bonds. The lowest BCUT2D eigenvalue weighted by Crippen LogP contribution is -2.05. The van der Waals surface area contributed by atoms with Gasteiger partial charge in [0.1, 0.15) is 23.9 Å². The molecule has 0 unspecified atom stereocenters. The van der Waals surface area contributed by atoms with Crippen molar-refractivity contribution in [3.05, 3.63) is 82.6 Å². The van der Waals surface area contributed by atoms with Gasteiger partial charge in [-0.25, -0.2) is 0 Å². The van der Waals surface area contributed by atoms with Crippen molar-refractivity contribution < 1.29 is 19.3 Å². The summed E-state index contributed by atoms with van der Waals surface area (Å²) in [6.45, 7) is 2.74. The van der Waals surface area contributed by atoms with Gasteiger partial charge in [-0.3, -0.25) is 0 Å². The summed E-state index contributed by atoms with van der Waals surface area (Å²) in [7, 11) is 1.64. The van der Waals surface area contributed by atoms with Crippen LogP contribution in [0.3, 0.4) is 0 Å². The van der Waals surface area contributed by atoms with Crippen molar-refractivity contribution in [3.63, 3.8) is 0 Å². The Kier molecular flexibility index (Phi) is 8.00. The first kappa shape index (κ1) is 22.0. The van der Waals surface area contributed by atoms with E-state index in [-0.39, 0.29) is 0 Å². The molecule has 2 aromatic carbocycles. The number of benzene rings is 2. The highest BCUT2D eigenvalue weighted by Crippen LogP contribution is 2.33. The number of rotatable bonds is 9. The lowest BCUT2D eigenvalue weighted by molar-refractivity contribution is 0.146. The number of hydrogen-bond acceptors (Lipinski definition) is 4. The van der Waals surface area contributed by atoms with Crippen LogP contribution < -0.4 is 9.47 Å². The summed E-state index contributed by atoms with van der Waals surface area (Å²) < 4.78 is 17.0. The van der Waals surface area contributed by atoms with E-state index in [4.69, 9.17) is 25.8 Å². The van der Waals surface area contributed by atoms with Crippen molar-refractivity contribution in [2.45, 2.75) is 26.2 Å². The zero-order chi connectivity index (χ0) is 21.3. The maximum Gasteiger partial charge on any atom is 0.131 e. The number of aliphatic hydroxyl groups excluding tert-OH is 1. The van der Waals surface area contributed by atoms with Crippen LogP contribution in [-0.4, -0.2) is 25.4 Å². The Hall–Kier alpha value is -2.69. The van der Waals surface area contributed by atoms with E-state index < -0.39 is 0 Å². The third-order valence-electron chi connectivity index (χ3n) is 4.75. The van der Waals surface area contributed by atoms with Gasteiger partial charge in [-0.1, -0.05) is 29.8 Å². The smallest absolute Gasteiger partial charge is 0.131 e. The molecule has 0 spiro atoms. The van der Waals surface area contributed by atoms with Gasteiger partial charge in [0.05, 0.1) is 12.4 Å². The molecule has 0 heterocycles. The van der Waals surface area contributed by atoms with Crippen molar-refractivity contribution in [3.8, 4) is 17.2 Å². The molecule has 1 aliphatic carbocycles. The summed E-state index contributed by atoms with van der Waals surface area (Å²) in [5.41, 5.74) is 3.26. The third kappa shape index (κ3) is 6.41. The fourth-order valence-corrected chi connectivity index (χ4v) is 3.33. The van der Waals surface area contributed by atoms with Crippen LogP contribution in [0.25, 0.3) is 5.57 Å². The molecule has 0 radical (unpaired) electrons. The Morgan fingerprint density at radius 2 is 1.87 bits per heavy atom. The van der Waals surface area contributed by atoms with E-state index in [0.717, 1.165) is 34.8 Å². The molecule has 0 saturated carbocycles. The standard InChI is InChI=1S/C25H27ClO4/c1-3-22(27)13-18-14-24(29-12-11-28-2)17-25(15-18)30-23-6-4-5-20(16-23)19-7-9-21(26)10-8-19/h3-7,9,14-17,27H,8,10-13H2,1-2H3/b22-3-. The average molecular weight is 427 g/mol. The summed E-state index contributed by atoms with van der Waals surface area (Å²) in [5.74, 6) is 2.37. The minimum atomic E-state index is 0.299. The Balaban J connectivity index is 1.83. The molecule has 158 valence electrons. The molecule has 2 aromatic rings. The number of allylic oxidation sites excluding steroid dienone is 6. The highest BCUT2D eigenvalue weighted by molar-refractivity contribution is 6.29. The van der Waals surface area contributed by atoms with Gasteiger partial charge >= 0.3 is 0 Å². The first-order chi connectivity index (χ1) is 14.6. The average Bonchev–Trinajstić information content (AvgIpc) is 2.74. The van der Waals surface area contributed by atoms with Crippen LogP contribution in [0.4, 0.5) is 0 Å². The van der Waals surface area contributed by atoms with Crippen LogP contribution >= 0.6 is 11.6 Å². The minimum absolute atomic E-state index is 0.299. The van der Waals surface area contributed by atoms with E-state index >= 15 is 0 Å². The molecule has 0 fully saturated rings.